The Bertz CT molecular complexity index is 236. The number of hydrogen-bond acceptors (Lipinski definition) is 4. The summed E-state index contributed by atoms with van der Waals surface area (Å²) in [5.41, 5.74) is 0. The maximum Gasteiger partial charge on any atom is 0.326 e. The zero-order chi connectivity index (χ0) is 13.1. The maximum atomic E-state index is 10.8. The van der Waals surface area contributed by atoms with Crippen molar-refractivity contribution in [3.8, 4) is 0 Å². The van der Waals surface area contributed by atoms with Gasteiger partial charge in [-0.2, -0.15) is 11.8 Å². The average Bonchev–Trinajstić information content (AvgIpc) is 2.25. The number of hydrogen-bond donors (Lipinski definition) is 2. The molecule has 0 rings (SSSR count). The molecule has 0 saturated heterocycles. The van der Waals surface area contributed by atoms with Gasteiger partial charge < -0.3 is 15.2 Å². The number of amides is 1. The first kappa shape index (κ1) is 16.2. The number of carbonyl (C=O) groups excluding carboxylic acids is 1. The Hall–Kier alpha value is -0.750. The fourth-order valence-electron chi connectivity index (χ4n) is 1.26. The molecule has 0 aliphatic heterocycles. The van der Waals surface area contributed by atoms with Crippen LogP contribution in [0.15, 0.2) is 0 Å². The van der Waals surface area contributed by atoms with Gasteiger partial charge in [0, 0.05) is 20.6 Å². The molecule has 100 valence electrons. The molecule has 0 aromatic rings. The standard InChI is InChI=1S/C11H21NO4S/c1-9(13)12-10(11(14)15)5-8-17-7-4-3-6-16-2/h10H,3-8H2,1-2H3,(H,12,13)(H,14,15). The lowest BCUT2D eigenvalue weighted by molar-refractivity contribution is -0.141. The second kappa shape index (κ2) is 10.4. The molecule has 6 heteroatoms. The van der Waals surface area contributed by atoms with Gasteiger partial charge in [0.1, 0.15) is 6.04 Å². The zero-order valence-electron chi connectivity index (χ0n) is 10.4. The molecular formula is C11H21NO4S. The van der Waals surface area contributed by atoms with Crippen LogP contribution < -0.4 is 5.32 Å². The Labute approximate surface area is 106 Å². The summed E-state index contributed by atoms with van der Waals surface area (Å²) in [6.45, 7) is 2.10. The number of rotatable bonds is 10. The summed E-state index contributed by atoms with van der Waals surface area (Å²) in [6, 6.07) is -0.765. The second-order valence-corrected chi connectivity index (χ2v) is 4.92. The van der Waals surface area contributed by atoms with Gasteiger partial charge in [-0.3, -0.25) is 4.79 Å². The van der Waals surface area contributed by atoms with Crippen LogP contribution in [0.5, 0.6) is 0 Å². The Morgan fingerprint density at radius 2 is 2.06 bits per heavy atom. The Morgan fingerprint density at radius 1 is 1.35 bits per heavy atom. The molecule has 17 heavy (non-hydrogen) atoms. The summed E-state index contributed by atoms with van der Waals surface area (Å²) in [4.78, 5) is 21.6. The van der Waals surface area contributed by atoms with Crippen LogP contribution >= 0.6 is 11.8 Å². The molecule has 0 fully saturated rings. The topological polar surface area (TPSA) is 75.6 Å². The molecular weight excluding hydrogens is 242 g/mol. The van der Waals surface area contributed by atoms with Crippen molar-refractivity contribution in [1.29, 1.82) is 0 Å². The van der Waals surface area contributed by atoms with Gasteiger partial charge in [0.2, 0.25) is 5.91 Å². The van der Waals surface area contributed by atoms with E-state index in [0.29, 0.717) is 6.42 Å². The van der Waals surface area contributed by atoms with Crippen molar-refractivity contribution >= 4 is 23.6 Å². The van der Waals surface area contributed by atoms with Crippen LogP contribution in [-0.2, 0) is 14.3 Å². The van der Waals surface area contributed by atoms with Crippen LogP contribution in [-0.4, -0.2) is 48.2 Å². The average molecular weight is 263 g/mol. The van der Waals surface area contributed by atoms with Crippen LogP contribution in [0.1, 0.15) is 26.2 Å². The molecule has 0 aromatic carbocycles. The third-order valence-electron chi connectivity index (χ3n) is 2.11. The second-order valence-electron chi connectivity index (χ2n) is 3.69. The molecule has 1 atom stereocenters. The van der Waals surface area contributed by atoms with Crippen molar-refractivity contribution in [2.24, 2.45) is 0 Å². The van der Waals surface area contributed by atoms with Gasteiger partial charge in [-0.05, 0) is 30.8 Å². The number of carbonyl (C=O) groups is 2. The molecule has 0 aliphatic carbocycles. The monoisotopic (exact) mass is 263 g/mol. The first-order valence-corrected chi connectivity index (χ1v) is 6.80. The van der Waals surface area contributed by atoms with Gasteiger partial charge in [0.05, 0.1) is 0 Å². The lowest BCUT2D eigenvalue weighted by Gasteiger charge is -2.12. The van der Waals surface area contributed by atoms with E-state index in [-0.39, 0.29) is 5.91 Å². The minimum absolute atomic E-state index is 0.303. The molecule has 5 nitrogen and oxygen atoms in total. The molecule has 0 aliphatic rings. The summed E-state index contributed by atoms with van der Waals surface area (Å²) < 4.78 is 4.93. The fourth-order valence-corrected chi connectivity index (χ4v) is 2.27. The molecule has 0 spiro atoms. The van der Waals surface area contributed by atoms with E-state index in [4.69, 9.17) is 9.84 Å². The molecule has 0 radical (unpaired) electrons. The maximum absolute atomic E-state index is 10.8. The van der Waals surface area contributed by atoms with Crippen LogP contribution in [0.3, 0.4) is 0 Å². The number of ether oxygens (including phenoxy) is 1. The van der Waals surface area contributed by atoms with Crippen molar-refractivity contribution < 1.29 is 19.4 Å². The predicted octanol–water partition coefficient (Wildman–Crippen LogP) is 1.13. The van der Waals surface area contributed by atoms with Crippen molar-refractivity contribution in [3.05, 3.63) is 0 Å². The van der Waals surface area contributed by atoms with E-state index in [1.165, 1.54) is 6.92 Å². The van der Waals surface area contributed by atoms with E-state index in [9.17, 15) is 9.59 Å². The highest BCUT2D eigenvalue weighted by Crippen LogP contribution is 2.08. The van der Waals surface area contributed by atoms with Crippen molar-refractivity contribution in [2.45, 2.75) is 32.2 Å². The van der Waals surface area contributed by atoms with Gasteiger partial charge in [-0.1, -0.05) is 0 Å². The van der Waals surface area contributed by atoms with E-state index in [0.717, 1.165) is 31.0 Å². The van der Waals surface area contributed by atoms with Gasteiger partial charge >= 0.3 is 5.97 Å². The van der Waals surface area contributed by atoms with Crippen LogP contribution in [0.25, 0.3) is 0 Å². The number of thioether (sulfide) groups is 1. The first-order valence-electron chi connectivity index (χ1n) is 5.64. The summed E-state index contributed by atoms with van der Waals surface area (Å²) in [5, 5.41) is 11.3. The molecule has 2 N–H and O–H groups in total. The van der Waals surface area contributed by atoms with E-state index in [2.05, 4.69) is 5.32 Å². The quantitative estimate of drug-likeness (QED) is 0.578. The minimum atomic E-state index is -0.972. The summed E-state index contributed by atoms with van der Waals surface area (Å²) in [6.07, 6.45) is 2.55. The van der Waals surface area contributed by atoms with Crippen molar-refractivity contribution in [1.82, 2.24) is 5.32 Å². The lowest BCUT2D eigenvalue weighted by atomic mass is 10.2. The van der Waals surface area contributed by atoms with Crippen LogP contribution in [0.2, 0.25) is 0 Å². The normalized spacial score (nSPS) is 12.1. The third-order valence-corrected chi connectivity index (χ3v) is 3.22. The van der Waals surface area contributed by atoms with E-state index >= 15 is 0 Å². The third kappa shape index (κ3) is 10.1. The van der Waals surface area contributed by atoms with Crippen molar-refractivity contribution in [2.75, 3.05) is 25.2 Å². The number of nitrogens with one attached hydrogen (secondary N) is 1. The first-order chi connectivity index (χ1) is 8.07. The number of carboxylic acids is 1. The molecule has 1 amide bonds. The Morgan fingerprint density at radius 3 is 2.59 bits per heavy atom. The molecule has 0 heterocycles. The molecule has 0 bridgehead atoms. The van der Waals surface area contributed by atoms with Gasteiger partial charge in [0.25, 0.3) is 0 Å². The van der Waals surface area contributed by atoms with Gasteiger partial charge in [-0.25, -0.2) is 4.79 Å². The molecule has 1 unspecified atom stereocenters. The highest BCUT2D eigenvalue weighted by Gasteiger charge is 2.17. The Balaban J connectivity index is 3.55. The highest BCUT2D eigenvalue weighted by molar-refractivity contribution is 7.99. The van der Waals surface area contributed by atoms with Crippen molar-refractivity contribution in [3.63, 3.8) is 0 Å². The predicted molar refractivity (Wildman–Crippen MR) is 68.3 cm³/mol. The van der Waals surface area contributed by atoms with Gasteiger partial charge in [0.15, 0.2) is 0 Å². The Kier molecular flexibility index (Phi) is 9.95. The van der Waals surface area contributed by atoms with E-state index < -0.39 is 12.0 Å². The summed E-state index contributed by atoms with van der Waals surface area (Å²) in [7, 11) is 1.68. The zero-order valence-corrected chi connectivity index (χ0v) is 11.2. The largest absolute Gasteiger partial charge is 0.480 e. The van der Waals surface area contributed by atoms with Crippen LogP contribution in [0.4, 0.5) is 0 Å². The molecule has 0 aromatic heterocycles. The van der Waals surface area contributed by atoms with E-state index in [1.54, 1.807) is 18.9 Å². The number of unbranched alkanes of at least 4 members (excludes halogenated alkanes) is 1. The number of carboxylic acid groups (broad SMARTS) is 1. The SMILES string of the molecule is COCCCCSCCC(NC(C)=O)C(=O)O. The van der Waals surface area contributed by atoms with Gasteiger partial charge in [-0.15, -0.1) is 0 Å². The molecule has 0 saturated carbocycles. The smallest absolute Gasteiger partial charge is 0.326 e. The number of methoxy groups -OCH3 is 1. The number of aliphatic carboxylic acids is 1. The fraction of sp³-hybridized carbons (Fsp3) is 0.818. The van der Waals surface area contributed by atoms with Crippen LogP contribution in [0, 0.1) is 0 Å². The summed E-state index contributed by atoms with van der Waals surface area (Å²) in [5.74, 6) is 0.461. The lowest BCUT2D eigenvalue weighted by Crippen LogP contribution is -2.39. The van der Waals surface area contributed by atoms with E-state index in [1.807, 2.05) is 0 Å². The minimum Gasteiger partial charge on any atom is -0.480 e. The highest BCUT2D eigenvalue weighted by atomic mass is 32.2. The summed E-state index contributed by atoms with van der Waals surface area (Å²) >= 11 is 1.71.